The Labute approximate surface area is 112 Å². The quantitative estimate of drug-likeness (QED) is 0.899. The number of benzene rings is 1. The third-order valence-corrected chi connectivity index (χ3v) is 2.99. The molecule has 4 heteroatoms. The summed E-state index contributed by atoms with van der Waals surface area (Å²) < 4.78 is 20.5. The van der Waals surface area contributed by atoms with E-state index in [1.807, 2.05) is 13.0 Å². The first kappa shape index (κ1) is 13.5. The van der Waals surface area contributed by atoms with Crippen molar-refractivity contribution in [2.75, 3.05) is 13.2 Å². The fraction of sp³-hybridized carbons (Fsp3) is 0.267. The molecule has 0 spiro atoms. The van der Waals surface area contributed by atoms with E-state index in [9.17, 15) is 0 Å². The zero-order chi connectivity index (χ0) is 13.7. The van der Waals surface area contributed by atoms with Crippen molar-refractivity contribution in [3.05, 3.63) is 59.9 Å². The molecule has 100 valence electrons. The lowest BCUT2D eigenvalue weighted by atomic mass is 9.89. The van der Waals surface area contributed by atoms with Crippen LogP contribution in [0.25, 0.3) is 0 Å². The van der Waals surface area contributed by atoms with Gasteiger partial charge in [0.15, 0.2) is 5.67 Å². The summed E-state index contributed by atoms with van der Waals surface area (Å²) in [4.78, 5) is 4.02. The Bertz CT molecular complexity index is 533. The number of nitrogens with zero attached hydrogens (tertiary/aromatic N) is 1. The molecule has 2 aromatic rings. The van der Waals surface area contributed by atoms with Crippen molar-refractivity contribution in [3.63, 3.8) is 0 Å². The van der Waals surface area contributed by atoms with Gasteiger partial charge in [0, 0.05) is 18.3 Å². The molecule has 0 amide bonds. The number of halogens is 1. The number of ether oxygens (including phenoxy) is 1. The van der Waals surface area contributed by atoms with E-state index in [0.29, 0.717) is 23.5 Å². The van der Waals surface area contributed by atoms with Crippen molar-refractivity contribution in [1.29, 1.82) is 0 Å². The van der Waals surface area contributed by atoms with E-state index in [1.54, 1.807) is 36.5 Å². The maximum Gasteiger partial charge on any atom is 0.174 e. The van der Waals surface area contributed by atoms with Crippen LogP contribution in [0.4, 0.5) is 4.39 Å². The van der Waals surface area contributed by atoms with E-state index < -0.39 is 5.67 Å². The van der Waals surface area contributed by atoms with Gasteiger partial charge in [-0.05, 0) is 18.6 Å². The van der Waals surface area contributed by atoms with Gasteiger partial charge in [0.25, 0.3) is 0 Å². The van der Waals surface area contributed by atoms with Gasteiger partial charge in [-0.1, -0.05) is 30.3 Å². The van der Waals surface area contributed by atoms with Gasteiger partial charge in [-0.3, -0.25) is 4.98 Å². The Morgan fingerprint density at radius 3 is 2.58 bits per heavy atom. The third kappa shape index (κ3) is 2.74. The van der Waals surface area contributed by atoms with Crippen molar-refractivity contribution in [1.82, 2.24) is 4.98 Å². The average molecular weight is 260 g/mol. The predicted octanol–water partition coefficient (Wildman–Crippen LogP) is 2.65. The summed E-state index contributed by atoms with van der Waals surface area (Å²) in [7, 11) is 0. The van der Waals surface area contributed by atoms with Crippen molar-refractivity contribution in [2.45, 2.75) is 12.6 Å². The van der Waals surface area contributed by atoms with E-state index in [1.165, 1.54) is 6.20 Å². The second-order valence-electron chi connectivity index (χ2n) is 4.21. The van der Waals surface area contributed by atoms with E-state index in [2.05, 4.69) is 4.98 Å². The molecule has 0 saturated carbocycles. The highest BCUT2D eigenvalue weighted by Gasteiger charge is 2.33. The number of hydrogen-bond acceptors (Lipinski definition) is 3. The lowest BCUT2D eigenvalue weighted by Crippen LogP contribution is -2.31. The van der Waals surface area contributed by atoms with Crippen LogP contribution in [-0.4, -0.2) is 18.1 Å². The van der Waals surface area contributed by atoms with Gasteiger partial charge >= 0.3 is 0 Å². The standard InChI is InChI=1S/C15H17FN2O/c1-2-19-14-8-13(9-18-10-14)15(16,11-17)12-6-4-3-5-7-12/h3-10H,2,11,17H2,1H3. The van der Waals surface area contributed by atoms with Crippen LogP contribution in [0.3, 0.4) is 0 Å². The third-order valence-electron chi connectivity index (χ3n) is 2.99. The topological polar surface area (TPSA) is 48.1 Å². The first-order chi connectivity index (χ1) is 9.20. The minimum absolute atomic E-state index is 0.145. The first-order valence-corrected chi connectivity index (χ1v) is 6.23. The largest absolute Gasteiger partial charge is 0.492 e. The summed E-state index contributed by atoms with van der Waals surface area (Å²) >= 11 is 0. The van der Waals surface area contributed by atoms with Crippen molar-refractivity contribution >= 4 is 0 Å². The Morgan fingerprint density at radius 2 is 1.95 bits per heavy atom. The maximum absolute atomic E-state index is 15.2. The molecule has 0 aliphatic heterocycles. The van der Waals surface area contributed by atoms with Crippen LogP contribution in [0, 0.1) is 0 Å². The van der Waals surface area contributed by atoms with Gasteiger partial charge in [-0.2, -0.15) is 0 Å². The van der Waals surface area contributed by atoms with Crippen LogP contribution in [0.2, 0.25) is 0 Å². The number of aromatic nitrogens is 1. The molecule has 2 rings (SSSR count). The van der Waals surface area contributed by atoms with Crippen LogP contribution in [0.15, 0.2) is 48.8 Å². The molecule has 0 bridgehead atoms. The average Bonchev–Trinajstić information content (AvgIpc) is 2.48. The minimum atomic E-state index is -1.75. The number of hydrogen-bond donors (Lipinski definition) is 1. The van der Waals surface area contributed by atoms with Crippen LogP contribution >= 0.6 is 0 Å². The second-order valence-corrected chi connectivity index (χ2v) is 4.21. The summed E-state index contributed by atoms with van der Waals surface area (Å²) in [5.74, 6) is 0.548. The number of nitrogens with two attached hydrogens (primary N) is 1. The van der Waals surface area contributed by atoms with Gasteiger partial charge < -0.3 is 10.5 Å². The van der Waals surface area contributed by atoms with E-state index in [0.717, 1.165) is 0 Å². The van der Waals surface area contributed by atoms with Gasteiger partial charge in [-0.15, -0.1) is 0 Å². The summed E-state index contributed by atoms with van der Waals surface area (Å²) in [6.45, 7) is 2.24. The minimum Gasteiger partial charge on any atom is -0.492 e. The maximum atomic E-state index is 15.2. The molecule has 0 fully saturated rings. The molecule has 0 aliphatic carbocycles. The highest BCUT2D eigenvalue weighted by Crippen LogP contribution is 2.33. The molecular weight excluding hydrogens is 243 g/mol. The van der Waals surface area contributed by atoms with Crippen LogP contribution in [0.1, 0.15) is 18.1 Å². The number of pyridine rings is 1. The van der Waals surface area contributed by atoms with Gasteiger partial charge in [0.1, 0.15) is 5.75 Å². The van der Waals surface area contributed by atoms with Crippen LogP contribution in [-0.2, 0) is 5.67 Å². The van der Waals surface area contributed by atoms with E-state index >= 15 is 4.39 Å². The molecule has 1 aromatic carbocycles. The normalized spacial score (nSPS) is 13.8. The lowest BCUT2D eigenvalue weighted by Gasteiger charge is -2.24. The first-order valence-electron chi connectivity index (χ1n) is 6.23. The monoisotopic (exact) mass is 260 g/mol. The molecule has 2 N–H and O–H groups in total. The Morgan fingerprint density at radius 1 is 1.21 bits per heavy atom. The highest BCUT2D eigenvalue weighted by atomic mass is 19.1. The smallest absolute Gasteiger partial charge is 0.174 e. The zero-order valence-electron chi connectivity index (χ0n) is 10.8. The van der Waals surface area contributed by atoms with Gasteiger partial charge in [0.05, 0.1) is 12.8 Å². The van der Waals surface area contributed by atoms with Crippen molar-refractivity contribution in [3.8, 4) is 5.75 Å². The predicted molar refractivity (Wildman–Crippen MR) is 72.8 cm³/mol. The molecular formula is C15H17FN2O. The number of rotatable bonds is 5. The Balaban J connectivity index is 2.44. The van der Waals surface area contributed by atoms with Crippen molar-refractivity contribution in [2.24, 2.45) is 5.73 Å². The fourth-order valence-electron chi connectivity index (χ4n) is 1.99. The van der Waals surface area contributed by atoms with Crippen LogP contribution < -0.4 is 10.5 Å². The fourth-order valence-corrected chi connectivity index (χ4v) is 1.99. The SMILES string of the molecule is CCOc1cncc(C(F)(CN)c2ccccc2)c1. The molecule has 0 saturated heterocycles. The molecule has 19 heavy (non-hydrogen) atoms. The molecule has 0 radical (unpaired) electrons. The van der Waals surface area contributed by atoms with Crippen LogP contribution in [0.5, 0.6) is 5.75 Å². The molecule has 1 aromatic heterocycles. The summed E-state index contributed by atoms with van der Waals surface area (Å²) in [5.41, 5.74) is 4.83. The molecule has 3 nitrogen and oxygen atoms in total. The van der Waals surface area contributed by atoms with Gasteiger partial charge in [-0.25, -0.2) is 4.39 Å². The molecule has 0 aliphatic rings. The van der Waals surface area contributed by atoms with E-state index in [4.69, 9.17) is 10.5 Å². The molecule has 1 unspecified atom stereocenters. The summed E-state index contributed by atoms with van der Waals surface area (Å²) in [6.07, 6.45) is 3.05. The summed E-state index contributed by atoms with van der Waals surface area (Å²) in [6, 6.07) is 10.5. The highest BCUT2D eigenvalue weighted by molar-refractivity contribution is 5.38. The van der Waals surface area contributed by atoms with Crippen molar-refractivity contribution < 1.29 is 9.13 Å². The lowest BCUT2D eigenvalue weighted by molar-refractivity contribution is 0.230. The zero-order valence-corrected chi connectivity index (χ0v) is 10.8. The second kappa shape index (κ2) is 5.80. The summed E-state index contributed by atoms with van der Waals surface area (Å²) in [5, 5.41) is 0. The molecule has 1 atom stereocenters. The Hall–Kier alpha value is -1.94. The Kier molecular flexibility index (Phi) is 4.12. The molecule has 1 heterocycles. The van der Waals surface area contributed by atoms with Gasteiger partial charge in [0.2, 0.25) is 0 Å². The number of alkyl halides is 1. The van der Waals surface area contributed by atoms with E-state index in [-0.39, 0.29) is 6.54 Å².